The first kappa shape index (κ1) is 15.8. The number of anilines is 1. The van der Waals surface area contributed by atoms with Crippen LogP contribution in [0, 0.1) is 0 Å². The van der Waals surface area contributed by atoms with Crippen LogP contribution in [0.25, 0.3) is 0 Å². The van der Waals surface area contributed by atoms with Crippen molar-refractivity contribution in [2.75, 3.05) is 25.0 Å². The highest BCUT2D eigenvalue weighted by atomic mass is 19.4. The molecule has 108 valence electrons. The number of nitrogens with one attached hydrogen (secondary N) is 1. The van der Waals surface area contributed by atoms with Crippen molar-refractivity contribution < 1.29 is 13.2 Å². The SMILES string of the molecule is CCCNCc1ccnc(N(C)CCC(F)(F)F)c1. The Hall–Kier alpha value is -1.30. The zero-order valence-electron chi connectivity index (χ0n) is 11.3. The van der Waals surface area contributed by atoms with E-state index in [0.717, 1.165) is 18.5 Å². The lowest BCUT2D eigenvalue weighted by Gasteiger charge is -2.19. The molecule has 0 saturated carbocycles. The quantitative estimate of drug-likeness (QED) is 0.775. The number of hydrogen-bond donors (Lipinski definition) is 1. The Labute approximate surface area is 111 Å². The first-order valence-electron chi connectivity index (χ1n) is 6.36. The molecule has 0 fully saturated rings. The van der Waals surface area contributed by atoms with Gasteiger partial charge in [0.05, 0.1) is 6.42 Å². The van der Waals surface area contributed by atoms with Gasteiger partial charge in [-0.3, -0.25) is 0 Å². The van der Waals surface area contributed by atoms with Crippen molar-refractivity contribution in [3.05, 3.63) is 23.9 Å². The maximum atomic E-state index is 12.2. The molecule has 0 radical (unpaired) electrons. The van der Waals surface area contributed by atoms with Crippen molar-refractivity contribution in [2.24, 2.45) is 0 Å². The molecule has 1 rings (SSSR count). The van der Waals surface area contributed by atoms with Crippen molar-refractivity contribution in [3.8, 4) is 0 Å². The van der Waals surface area contributed by atoms with Crippen LogP contribution in [0.2, 0.25) is 0 Å². The van der Waals surface area contributed by atoms with Gasteiger partial charge in [-0.05, 0) is 30.7 Å². The maximum absolute atomic E-state index is 12.2. The lowest BCUT2D eigenvalue weighted by Crippen LogP contribution is -2.25. The molecule has 1 heterocycles. The minimum atomic E-state index is -4.13. The largest absolute Gasteiger partial charge is 0.390 e. The smallest absolute Gasteiger partial charge is 0.359 e. The summed E-state index contributed by atoms with van der Waals surface area (Å²) in [5.41, 5.74) is 1.03. The van der Waals surface area contributed by atoms with E-state index in [2.05, 4.69) is 17.2 Å². The van der Waals surface area contributed by atoms with Gasteiger partial charge in [-0.25, -0.2) is 4.98 Å². The van der Waals surface area contributed by atoms with Crippen LogP contribution in [0.15, 0.2) is 18.3 Å². The lowest BCUT2D eigenvalue weighted by molar-refractivity contribution is -0.132. The predicted molar refractivity (Wildman–Crippen MR) is 70.2 cm³/mol. The van der Waals surface area contributed by atoms with Crippen molar-refractivity contribution in [1.29, 1.82) is 0 Å². The van der Waals surface area contributed by atoms with Crippen LogP contribution in [0.1, 0.15) is 25.3 Å². The van der Waals surface area contributed by atoms with E-state index in [4.69, 9.17) is 0 Å². The van der Waals surface area contributed by atoms with E-state index < -0.39 is 12.6 Å². The second kappa shape index (κ2) is 7.33. The Morgan fingerprint density at radius 3 is 2.74 bits per heavy atom. The van der Waals surface area contributed by atoms with Gasteiger partial charge in [0.2, 0.25) is 0 Å². The average molecular weight is 275 g/mol. The van der Waals surface area contributed by atoms with Crippen LogP contribution < -0.4 is 10.2 Å². The molecule has 1 aromatic rings. The number of hydrogen-bond acceptors (Lipinski definition) is 3. The second-order valence-corrected chi connectivity index (χ2v) is 4.49. The fourth-order valence-corrected chi connectivity index (χ4v) is 1.60. The summed E-state index contributed by atoms with van der Waals surface area (Å²) in [5.74, 6) is 0.569. The first-order chi connectivity index (χ1) is 8.92. The second-order valence-electron chi connectivity index (χ2n) is 4.49. The van der Waals surface area contributed by atoms with E-state index >= 15 is 0 Å². The molecule has 19 heavy (non-hydrogen) atoms. The van der Waals surface area contributed by atoms with E-state index in [1.54, 1.807) is 13.2 Å². The number of nitrogens with zero attached hydrogens (tertiary/aromatic N) is 2. The van der Waals surface area contributed by atoms with Gasteiger partial charge in [-0.15, -0.1) is 0 Å². The Morgan fingerprint density at radius 1 is 1.37 bits per heavy atom. The van der Waals surface area contributed by atoms with Gasteiger partial charge in [-0.2, -0.15) is 13.2 Å². The molecular formula is C13H20F3N3. The molecule has 1 aromatic heterocycles. The fraction of sp³-hybridized carbons (Fsp3) is 0.615. The summed E-state index contributed by atoms with van der Waals surface area (Å²) in [4.78, 5) is 5.62. The van der Waals surface area contributed by atoms with Gasteiger partial charge in [0.25, 0.3) is 0 Å². The molecule has 0 saturated heterocycles. The van der Waals surface area contributed by atoms with Crippen LogP contribution in [0.3, 0.4) is 0 Å². The van der Waals surface area contributed by atoms with Gasteiger partial charge in [-0.1, -0.05) is 6.92 Å². The maximum Gasteiger partial charge on any atom is 0.390 e. The van der Waals surface area contributed by atoms with Crippen molar-refractivity contribution in [1.82, 2.24) is 10.3 Å². The summed E-state index contributed by atoms with van der Waals surface area (Å²) in [6.07, 6.45) is -2.29. The van der Waals surface area contributed by atoms with Crippen molar-refractivity contribution in [3.63, 3.8) is 0 Å². The standard InChI is InChI=1S/C13H20F3N3/c1-3-6-17-10-11-4-7-18-12(9-11)19(2)8-5-13(14,15)16/h4,7,9,17H,3,5-6,8,10H2,1-2H3. The van der Waals surface area contributed by atoms with Gasteiger partial charge < -0.3 is 10.2 Å². The molecule has 0 aliphatic rings. The number of alkyl halides is 3. The molecule has 3 nitrogen and oxygen atoms in total. The fourth-order valence-electron chi connectivity index (χ4n) is 1.60. The summed E-state index contributed by atoms with van der Waals surface area (Å²) in [7, 11) is 1.62. The summed E-state index contributed by atoms with van der Waals surface area (Å²) >= 11 is 0. The van der Waals surface area contributed by atoms with Crippen LogP contribution in [-0.2, 0) is 6.54 Å². The summed E-state index contributed by atoms with van der Waals surface area (Å²) in [5, 5.41) is 3.25. The third-order valence-electron chi connectivity index (χ3n) is 2.69. The number of aromatic nitrogens is 1. The molecule has 0 amide bonds. The van der Waals surface area contributed by atoms with Crippen molar-refractivity contribution in [2.45, 2.75) is 32.5 Å². The lowest BCUT2D eigenvalue weighted by atomic mass is 10.2. The molecule has 0 spiro atoms. The summed E-state index contributed by atoms with van der Waals surface area (Å²) in [6.45, 7) is 3.62. The predicted octanol–water partition coefficient (Wildman–Crippen LogP) is 2.97. The number of rotatable bonds is 7. The van der Waals surface area contributed by atoms with Gasteiger partial charge in [0, 0.05) is 26.3 Å². The molecule has 0 atom stereocenters. The van der Waals surface area contributed by atoms with E-state index in [1.807, 2.05) is 12.1 Å². The zero-order chi connectivity index (χ0) is 14.3. The molecule has 0 unspecified atom stereocenters. The minimum absolute atomic E-state index is 0.0810. The molecule has 0 aromatic carbocycles. The van der Waals surface area contributed by atoms with E-state index in [0.29, 0.717) is 12.4 Å². The highest BCUT2D eigenvalue weighted by Gasteiger charge is 2.27. The Balaban J connectivity index is 2.55. The molecule has 0 aliphatic carbocycles. The van der Waals surface area contributed by atoms with Crippen molar-refractivity contribution >= 4 is 5.82 Å². The van der Waals surface area contributed by atoms with Gasteiger partial charge >= 0.3 is 6.18 Å². The Kier molecular flexibility index (Phi) is 6.08. The third-order valence-corrected chi connectivity index (χ3v) is 2.69. The summed E-state index contributed by atoms with van der Waals surface area (Å²) < 4.78 is 36.5. The normalized spacial score (nSPS) is 11.6. The van der Waals surface area contributed by atoms with Crippen LogP contribution in [0.4, 0.5) is 19.0 Å². The van der Waals surface area contributed by atoms with Gasteiger partial charge in [0.15, 0.2) is 0 Å². The summed E-state index contributed by atoms with van der Waals surface area (Å²) in [6, 6.07) is 3.68. The van der Waals surface area contributed by atoms with E-state index in [-0.39, 0.29) is 6.54 Å². The average Bonchev–Trinajstić information content (AvgIpc) is 2.36. The van der Waals surface area contributed by atoms with Crippen LogP contribution in [-0.4, -0.2) is 31.3 Å². The molecule has 0 bridgehead atoms. The topological polar surface area (TPSA) is 28.2 Å². The molecule has 1 N–H and O–H groups in total. The van der Waals surface area contributed by atoms with Crippen LogP contribution in [0.5, 0.6) is 0 Å². The Bertz CT molecular complexity index is 380. The van der Waals surface area contributed by atoms with Crippen LogP contribution >= 0.6 is 0 Å². The Morgan fingerprint density at radius 2 is 2.11 bits per heavy atom. The molecule has 6 heteroatoms. The first-order valence-corrected chi connectivity index (χ1v) is 6.36. The third kappa shape index (κ3) is 6.42. The highest BCUT2D eigenvalue weighted by Crippen LogP contribution is 2.21. The zero-order valence-corrected chi connectivity index (χ0v) is 11.3. The van der Waals surface area contributed by atoms with Gasteiger partial charge in [0.1, 0.15) is 5.82 Å². The molecular weight excluding hydrogens is 255 g/mol. The number of pyridine rings is 1. The number of halogens is 3. The van der Waals surface area contributed by atoms with E-state index in [9.17, 15) is 13.2 Å². The minimum Gasteiger partial charge on any atom is -0.359 e. The molecule has 0 aliphatic heterocycles. The van der Waals surface area contributed by atoms with E-state index in [1.165, 1.54) is 4.90 Å². The highest BCUT2D eigenvalue weighted by molar-refractivity contribution is 5.39. The monoisotopic (exact) mass is 275 g/mol.